The highest BCUT2D eigenvalue weighted by molar-refractivity contribution is 5.78. The topological polar surface area (TPSA) is 161 Å². The van der Waals surface area contributed by atoms with Crippen molar-refractivity contribution in [3.63, 3.8) is 0 Å². The highest BCUT2D eigenvalue weighted by atomic mass is 16.4. The number of aliphatic hydroxyl groups is 3. The van der Waals surface area contributed by atoms with Gasteiger partial charge in [0, 0.05) is 6.08 Å². The number of carboxylic acids is 1. The first-order chi connectivity index (χ1) is 6.81. The summed E-state index contributed by atoms with van der Waals surface area (Å²) >= 11 is 0. The Bertz CT molecular complexity index is 174. The molecule has 0 aromatic carbocycles. The zero-order chi connectivity index (χ0) is 12.9. The van der Waals surface area contributed by atoms with E-state index in [0.717, 1.165) is 6.08 Å². The van der Waals surface area contributed by atoms with E-state index >= 15 is 0 Å². The normalized spacial score (nSPS) is 7.73. The molecule has 15 heavy (non-hydrogen) atoms. The van der Waals surface area contributed by atoms with E-state index in [1.165, 1.54) is 0 Å². The quantitative estimate of drug-likeness (QED) is 0.309. The number of nitrogens with two attached hydrogens (primary N) is 1. The standard InChI is InChI=1S/C3H8O3.C3H4O2.CH3NO2/c4-1-3(6)2-5;1-2-3(4)5;2-1(3)4/h3-6H,1-2H2;2H,1H2,(H,4,5);2H2,(H,3,4). The monoisotopic (exact) mass is 225 g/mol. The second-order valence-corrected chi connectivity index (χ2v) is 1.90. The largest absolute Gasteiger partial charge is 0.478 e. The van der Waals surface area contributed by atoms with Gasteiger partial charge in [-0.1, -0.05) is 6.58 Å². The molecule has 0 aliphatic carbocycles. The van der Waals surface area contributed by atoms with Crippen LogP contribution < -0.4 is 5.73 Å². The zero-order valence-electron chi connectivity index (χ0n) is 7.91. The van der Waals surface area contributed by atoms with E-state index in [0.29, 0.717) is 0 Å². The van der Waals surface area contributed by atoms with Crippen LogP contribution in [0.4, 0.5) is 4.79 Å². The highest BCUT2D eigenvalue weighted by Gasteiger charge is 1.93. The maximum absolute atomic E-state index is 9.25. The molecular weight excluding hydrogens is 210 g/mol. The molecular formula is C7H15NO7. The summed E-state index contributed by atoms with van der Waals surface area (Å²) in [4.78, 5) is 18.0. The van der Waals surface area contributed by atoms with Crippen molar-refractivity contribution in [2.24, 2.45) is 5.73 Å². The van der Waals surface area contributed by atoms with Crippen molar-refractivity contribution in [3.05, 3.63) is 12.7 Å². The maximum atomic E-state index is 9.25. The number of hydrogen-bond donors (Lipinski definition) is 6. The summed E-state index contributed by atoms with van der Waals surface area (Å²) < 4.78 is 0. The molecule has 0 bridgehead atoms. The van der Waals surface area contributed by atoms with Crippen molar-refractivity contribution in [3.8, 4) is 0 Å². The van der Waals surface area contributed by atoms with Gasteiger partial charge in [0.2, 0.25) is 0 Å². The third-order valence-electron chi connectivity index (χ3n) is 0.596. The Kier molecular flexibility index (Phi) is 18.8. The number of aliphatic hydroxyl groups excluding tert-OH is 3. The molecule has 0 radical (unpaired) electrons. The van der Waals surface area contributed by atoms with Gasteiger partial charge >= 0.3 is 12.1 Å². The number of carboxylic acid groups (broad SMARTS) is 2. The first-order valence-electron chi connectivity index (χ1n) is 3.55. The van der Waals surface area contributed by atoms with Crippen molar-refractivity contribution in [2.75, 3.05) is 13.2 Å². The predicted octanol–water partition coefficient (Wildman–Crippen LogP) is -1.79. The summed E-state index contributed by atoms with van der Waals surface area (Å²) in [5.41, 5.74) is 4.03. The van der Waals surface area contributed by atoms with E-state index in [9.17, 15) is 4.79 Å². The average molecular weight is 225 g/mol. The van der Waals surface area contributed by atoms with Crippen molar-refractivity contribution in [1.82, 2.24) is 0 Å². The summed E-state index contributed by atoms with van der Waals surface area (Å²) in [5.74, 6) is -0.981. The number of primary amides is 1. The van der Waals surface area contributed by atoms with Gasteiger partial charge in [-0.15, -0.1) is 0 Å². The van der Waals surface area contributed by atoms with Crippen LogP contribution in [-0.2, 0) is 4.79 Å². The third-order valence-corrected chi connectivity index (χ3v) is 0.596. The van der Waals surface area contributed by atoms with E-state index in [-0.39, 0.29) is 13.2 Å². The van der Waals surface area contributed by atoms with Crippen LogP contribution in [0.25, 0.3) is 0 Å². The molecule has 0 unspecified atom stereocenters. The van der Waals surface area contributed by atoms with Gasteiger partial charge in [0.05, 0.1) is 13.2 Å². The van der Waals surface area contributed by atoms with Crippen LogP contribution in [0.5, 0.6) is 0 Å². The lowest BCUT2D eigenvalue weighted by atomic mass is 10.4. The van der Waals surface area contributed by atoms with Crippen molar-refractivity contribution < 1.29 is 35.1 Å². The number of carbonyl (C=O) groups is 2. The van der Waals surface area contributed by atoms with E-state index in [1.807, 2.05) is 0 Å². The number of aliphatic carboxylic acids is 1. The van der Waals surface area contributed by atoms with Gasteiger partial charge in [0.15, 0.2) is 0 Å². The molecule has 0 aromatic rings. The van der Waals surface area contributed by atoms with Crippen molar-refractivity contribution >= 4 is 12.1 Å². The SMILES string of the molecule is C=CC(=O)O.NC(=O)O.OCC(O)CO. The molecule has 0 atom stereocenters. The van der Waals surface area contributed by atoms with E-state index in [4.69, 9.17) is 30.3 Å². The van der Waals surface area contributed by atoms with Crippen LogP contribution in [0.1, 0.15) is 0 Å². The van der Waals surface area contributed by atoms with Gasteiger partial charge in [-0.3, -0.25) is 0 Å². The molecule has 0 saturated heterocycles. The van der Waals surface area contributed by atoms with Crippen molar-refractivity contribution in [2.45, 2.75) is 6.10 Å². The lowest BCUT2D eigenvalue weighted by Crippen LogP contribution is -2.15. The minimum atomic E-state index is -1.33. The van der Waals surface area contributed by atoms with Gasteiger partial charge in [0.1, 0.15) is 6.10 Å². The first kappa shape index (κ1) is 19.0. The van der Waals surface area contributed by atoms with Crippen LogP contribution in [0.2, 0.25) is 0 Å². The van der Waals surface area contributed by atoms with E-state index < -0.39 is 18.2 Å². The van der Waals surface area contributed by atoms with Gasteiger partial charge < -0.3 is 31.3 Å². The first-order valence-corrected chi connectivity index (χ1v) is 3.55. The molecule has 8 heteroatoms. The van der Waals surface area contributed by atoms with Gasteiger partial charge in [0.25, 0.3) is 0 Å². The molecule has 1 amide bonds. The van der Waals surface area contributed by atoms with Crippen LogP contribution in [0, 0.1) is 0 Å². The number of hydrogen-bond acceptors (Lipinski definition) is 5. The van der Waals surface area contributed by atoms with Crippen LogP contribution in [0.15, 0.2) is 12.7 Å². The third kappa shape index (κ3) is 69.8. The molecule has 7 N–H and O–H groups in total. The summed E-state index contributed by atoms with van der Waals surface area (Å²) in [6.07, 6.45) is -1.45. The van der Waals surface area contributed by atoms with Crippen LogP contribution >= 0.6 is 0 Å². The fraction of sp³-hybridized carbons (Fsp3) is 0.429. The predicted molar refractivity (Wildman–Crippen MR) is 50.2 cm³/mol. The second kappa shape index (κ2) is 14.9. The molecule has 0 aliphatic heterocycles. The molecule has 0 saturated carbocycles. The lowest BCUT2D eigenvalue weighted by molar-refractivity contribution is -0.131. The Morgan fingerprint density at radius 3 is 1.47 bits per heavy atom. The highest BCUT2D eigenvalue weighted by Crippen LogP contribution is 1.71. The fourth-order valence-electron chi connectivity index (χ4n) is 0.0577. The molecule has 0 spiro atoms. The Hall–Kier alpha value is -1.64. The molecule has 0 rings (SSSR count). The molecule has 0 fully saturated rings. The molecule has 90 valence electrons. The fourth-order valence-corrected chi connectivity index (χ4v) is 0.0577. The summed E-state index contributed by atoms with van der Waals surface area (Å²) in [7, 11) is 0. The average Bonchev–Trinajstić information content (AvgIpc) is 2.16. The smallest absolute Gasteiger partial charge is 0.402 e. The second-order valence-electron chi connectivity index (χ2n) is 1.90. The Morgan fingerprint density at radius 2 is 1.47 bits per heavy atom. The molecule has 0 aliphatic rings. The van der Waals surface area contributed by atoms with E-state index in [2.05, 4.69) is 12.3 Å². The number of rotatable bonds is 3. The summed E-state index contributed by atoms with van der Waals surface area (Å²) in [5, 5.41) is 38.8. The summed E-state index contributed by atoms with van der Waals surface area (Å²) in [6, 6.07) is 0. The maximum Gasteiger partial charge on any atom is 0.402 e. The molecule has 0 heterocycles. The lowest BCUT2D eigenvalue weighted by Gasteiger charge is -1.96. The van der Waals surface area contributed by atoms with Crippen LogP contribution in [0.3, 0.4) is 0 Å². The Labute approximate surface area is 85.9 Å². The van der Waals surface area contributed by atoms with E-state index in [1.54, 1.807) is 0 Å². The van der Waals surface area contributed by atoms with Crippen molar-refractivity contribution in [1.29, 1.82) is 0 Å². The Morgan fingerprint density at radius 1 is 1.27 bits per heavy atom. The van der Waals surface area contributed by atoms with Gasteiger partial charge in [-0.25, -0.2) is 9.59 Å². The number of amides is 1. The Balaban J connectivity index is -0.000000147. The summed E-state index contributed by atoms with van der Waals surface area (Å²) in [6.45, 7) is 2.23. The molecule has 0 aromatic heterocycles. The molecule has 8 nitrogen and oxygen atoms in total. The van der Waals surface area contributed by atoms with Crippen LogP contribution in [-0.4, -0.2) is 56.9 Å². The zero-order valence-corrected chi connectivity index (χ0v) is 7.91. The minimum Gasteiger partial charge on any atom is -0.478 e. The van der Waals surface area contributed by atoms with Gasteiger partial charge in [-0.05, 0) is 0 Å². The van der Waals surface area contributed by atoms with Gasteiger partial charge in [-0.2, -0.15) is 0 Å². The minimum absolute atomic E-state index is 0.365.